The van der Waals surface area contributed by atoms with Gasteiger partial charge in [0.2, 0.25) is 0 Å². The Balaban J connectivity index is 2.83. The third kappa shape index (κ3) is 3.52. The van der Waals surface area contributed by atoms with Gasteiger partial charge in [0, 0.05) is 0 Å². The second-order valence-corrected chi connectivity index (χ2v) is 4.48. The lowest BCUT2D eigenvalue weighted by atomic mass is 9.98. The van der Waals surface area contributed by atoms with Crippen LogP contribution in [0.25, 0.3) is 0 Å². The zero-order valence-corrected chi connectivity index (χ0v) is 11.0. The highest BCUT2D eigenvalue weighted by Crippen LogP contribution is 2.30. The Morgan fingerprint density at radius 1 is 1.56 bits per heavy atom. The number of carboxylic acid groups (broad SMARTS) is 1. The van der Waals surface area contributed by atoms with E-state index in [-0.39, 0.29) is 12.3 Å². The van der Waals surface area contributed by atoms with Gasteiger partial charge >= 0.3 is 5.97 Å². The molecular formula is C12H15BrO3. The molecular weight excluding hydrogens is 272 g/mol. The number of ether oxygens (including phenoxy) is 1. The van der Waals surface area contributed by atoms with Crippen LogP contribution in [-0.4, -0.2) is 17.7 Å². The quantitative estimate of drug-likeness (QED) is 0.902. The molecule has 0 aliphatic rings. The second kappa shape index (κ2) is 5.89. The molecule has 1 unspecified atom stereocenters. The van der Waals surface area contributed by atoms with E-state index in [9.17, 15) is 4.79 Å². The van der Waals surface area contributed by atoms with Crippen molar-refractivity contribution in [2.45, 2.75) is 26.2 Å². The third-order valence-corrected chi connectivity index (χ3v) is 2.93. The number of hydrogen-bond acceptors (Lipinski definition) is 2. The molecule has 1 atom stereocenters. The number of carboxylic acids is 1. The van der Waals surface area contributed by atoms with Crippen LogP contribution in [0.15, 0.2) is 22.7 Å². The van der Waals surface area contributed by atoms with Gasteiger partial charge in [-0.3, -0.25) is 4.79 Å². The minimum Gasteiger partial charge on any atom is -0.493 e. The largest absolute Gasteiger partial charge is 0.493 e. The Morgan fingerprint density at radius 2 is 2.25 bits per heavy atom. The van der Waals surface area contributed by atoms with Gasteiger partial charge in [0.1, 0.15) is 5.75 Å². The van der Waals surface area contributed by atoms with Crippen molar-refractivity contribution in [2.24, 2.45) is 0 Å². The van der Waals surface area contributed by atoms with Gasteiger partial charge in [0.05, 0.1) is 17.5 Å². The molecule has 1 aromatic rings. The van der Waals surface area contributed by atoms with Crippen molar-refractivity contribution in [3.05, 3.63) is 28.2 Å². The predicted molar refractivity (Wildman–Crippen MR) is 66.0 cm³/mol. The SMILES string of the molecule is CCOc1ccc(C(C)CC(=O)O)cc1Br. The summed E-state index contributed by atoms with van der Waals surface area (Å²) in [6.07, 6.45) is 0.139. The topological polar surface area (TPSA) is 46.5 Å². The first-order valence-electron chi connectivity index (χ1n) is 5.18. The summed E-state index contributed by atoms with van der Waals surface area (Å²) < 4.78 is 6.25. The highest BCUT2D eigenvalue weighted by Gasteiger charge is 2.11. The fourth-order valence-corrected chi connectivity index (χ4v) is 1.99. The Morgan fingerprint density at radius 3 is 2.75 bits per heavy atom. The smallest absolute Gasteiger partial charge is 0.303 e. The molecule has 0 spiro atoms. The molecule has 0 bridgehead atoms. The summed E-state index contributed by atoms with van der Waals surface area (Å²) in [5.41, 5.74) is 0.998. The van der Waals surface area contributed by atoms with Gasteiger partial charge in [-0.1, -0.05) is 13.0 Å². The number of benzene rings is 1. The second-order valence-electron chi connectivity index (χ2n) is 3.62. The fraction of sp³-hybridized carbons (Fsp3) is 0.417. The van der Waals surface area contributed by atoms with Gasteiger partial charge in [0.15, 0.2) is 0 Å². The molecule has 0 fully saturated rings. The maximum Gasteiger partial charge on any atom is 0.303 e. The van der Waals surface area contributed by atoms with Gasteiger partial charge in [-0.2, -0.15) is 0 Å². The van der Waals surface area contributed by atoms with Crippen molar-refractivity contribution in [1.29, 1.82) is 0 Å². The van der Waals surface area contributed by atoms with Gasteiger partial charge < -0.3 is 9.84 Å². The molecule has 16 heavy (non-hydrogen) atoms. The van der Waals surface area contributed by atoms with Crippen molar-refractivity contribution >= 4 is 21.9 Å². The van der Waals surface area contributed by atoms with Crippen LogP contribution >= 0.6 is 15.9 Å². The molecule has 0 aliphatic heterocycles. The molecule has 0 aliphatic carbocycles. The van der Waals surface area contributed by atoms with E-state index in [0.717, 1.165) is 15.8 Å². The molecule has 4 heteroatoms. The Bertz CT molecular complexity index is 377. The molecule has 0 heterocycles. The number of aliphatic carboxylic acids is 1. The van der Waals surface area contributed by atoms with E-state index in [2.05, 4.69) is 15.9 Å². The van der Waals surface area contributed by atoms with Crippen molar-refractivity contribution < 1.29 is 14.6 Å². The van der Waals surface area contributed by atoms with Crippen LogP contribution in [-0.2, 0) is 4.79 Å². The lowest BCUT2D eigenvalue weighted by Crippen LogP contribution is -2.03. The standard InChI is InChI=1S/C12H15BrO3/c1-3-16-11-5-4-9(7-10(11)13)8(2)6-12(14)15/h4-5,7-8H,3,6H2,1-2H3,(H,14,15). The van der Waals surface area contributed by atoms with Crippen LogP contribution in [0.2, 0.25) is 0 Å². The highest BCUT2D eigenvalue weighted by atomic mass is 79.9. The summed E-state index contributed by atoms with van der Waals surface area (Å²) in [5.74, 6) is 0.00996. The molecule has 1 N–H and O–H groups in total. The Labute approximate surface area is 104 Å². The van der Waals surface area contributed by atoms with E-state index < -0.39 is 5.97 Å². The van der Waals surface area contributed by atoms with Gasteiger partial charge in [0.25, 0.3) is 0 Å². The zero-order chi connectivity index (χ0) is 12.1. The number of carbonyl (C=O) groups is 1. The molecule has 0 radical (unpaired) electrons. The first-order valence-corrected chi connectivity index (χ1v) is 5.98. The molecule has 1 rings (SSSR count). The molecule has 0 saturated carbocycles. The lowest BCUT2D eigenvalue weighted by molar-refractivity contribution is -0.137. The first-order chi connectivity index (χ1) is 7.54. The fourth-order valence-electron chi connectivity index (χ4n) is 1.48. The van der Waals surface area contributed by atoms with Crippen molar-refractivity contribution in [3.8, 4) is 5.75 Å². The van der Waals surface area contributed by atoms with E-state index in [4.69, 9.17) is 9.84 Å². The van der Waals surface area contributed by atoms with Gasteiger partial charge in [-0.25, -0.2) is 0 Å². The van der Waals surface area contributed by atoms with E-state index >= 15 is 0 Å². The highest BCUT2D eigenvalue weighted by molar-refractivity contribution is 9.10. The van der Waals surface area contributed by atoms with Gasteiger partial charge in [-0.05, 0) is 46.5 Å². The summed E-state index contributed by atoms with van der Waals surface area (Å²) in [7, 11) is 0. The Kier molecular flexibility index (Phi) is 4.80. The van der Waals surface area contributed by atoms with Crippen LogP contribution in [0, 0.1) is 0 Å². The maximum absolute atomic E-state index is 10.6. The Hall–Kier alpha value is -1.03. The van der Waals surface area contributed by atoms with Crippen LogP contribution in [0.4, 0.5) is 0 Å². The average Bonchev–Trinajstić information content (AvgIpc) is 2.20. The third-order valence-electron chi connectivity index (χ3n) is 2.31. The number of rotatable bonds is 5. The van der Waals surface area contributed by atoms with Crippen molar-refractivity contribution in [1.82, 2.24) is 0 Å². The van der Waals surface area contributed by atoms with Crippen LogP contribution in [0.1, 0.15) is 31.7 Å². The van der Waals surface area contributed by atoms with E-state index in [1.54, 1.807) is 0 Å². The summed E-state index contributed by atoms with van der Waals surface area (Å²) in [6.45, 7) is 4.44. The number of halogens is 1. The lowest BCUT2D eigenvalue weighted by Gasteiger charge is -2.12. The van der Waals surface area contributed by atoms with Crippen LogP contribution in [0.3, 0.4) is 0 Å². The minimum absolute atomic E-state index is 0.00414. The first kappa shape index (κ1) is 13.0. The molecule has 3 nitrogen and oxygen atoms in total. The van der Waals surface area contributed by atoms with Crippen LogP contribution in [0.5, 0.6) is 5.75 Å². The van der Waals surface area contributed by atoms with Crippen molar-refractivity contribution in [3.63, 3.8) is 0 Å². The van der Waals surface area contributed by atoms with Crippen molar-refractivity contribution in [2.75, 3.05) is 6.61 Å². The maximum atomic E-state index is 10.6. The van der Waals surface area contributed by atoms with E-state index in [1.165, 1.54) is 0 Å². The summed E-state index contributed by atoms with van der Waals surface area (Å²) in [5, 5.41) is 8.72. The van der Waals surface area contributed by atoms with Crippen LogP contribution < -0.4 is 4.74 Å². The monoisotopic (exact) mass is 286 g/mol. The molecule has 1 aromatic carbocycles. The average molecular weight is 287 g/mol. The minimum atomic E-state index is -0.780. The zero-order valence-electron chi connectivity index (χ0n) is 9.37. The van der Waals surface area contributed by atoms with E-state index in [0.29, 0.717) is 6.61 Å². The predicted octanol–water partition coefficient (Wildman–Crippen LogP) is 3.43. The van der Waals surface area contributed by atoms with E-state index in [1.807, 2.05) is 32.0 Å². The molecule has 0 amide bonds. The number of hydrogen-bond donors (Lipinski definition) is 1. The normalized spacial score (nSPS) is 12.2. The summed E-state index contributed by atoms with van der Waals surface area (Å²) in [4.78, 5) is 10.6. The molecule has 0 saturated heterocycles. The molecule has 0 aromatic heterocycles. The molecule has 88 valence electrons. The van der Waals surface area contributed by atoms with Gasteiger partial charge in [-0.15, -0.1) is 0 Å². The summed E-state index contributed by atoms with van der Waals surface area (Å²) >= 11 is 3.41. The summed E-state index contributed by atoms with van der Waals surface area (Å²) in [6, 6.07) is 5.68.